The minimum atomic E-state index is 0.592. The molecule has 0 amide bonds. The van der Waals surface area contributed by atoms with Crippen LogP contribution in [0.15, 0.2) is 59.2 Å². The van der Waals surface area contributed by atoms with Gasteiger partial charge in [-0.05, 0) is 122 Å². The summed E-state index contributed by atoms with van der Waals surface area (Å²) < 4.78 is 12.2. The Balaban J connectivity index is 1.28. The molecule has 0 aromatic heterocycles. The van der Waals surface area contributed by atoms with Gasteiger partial charge in [-0.15, -0.1) is 0 Å². The molecular weight excluding hydrogens is 494 g/mol. The number of unbranched alkanes of at least 4 members (excludes halogenated alkanes) is 6. The van der Waals surface area contributed by atoms with Crippen LogP contribution in [0.5, 0.6) is 11.5 Å². The quantitative estimate of drug-likeness (QED) is 0.0918. The average Bonchev–Trinajstić information content (AvgIpc) is 2.97. The number of nitrogens with zero attached hydrogens (tertiary/aromatic N) is 3. The Hall–Kier alpha value is -2.91. The van der Waals surface area contributed by atoms with Crippen LogP contribution < -0.4 is 9.47 Å². The highest BCUT2D eigenvalue weighted by Crippen LogP contribution is 2.58. The van der Waals surface area contributed by atoms with Gasteiger partial charge in [-0.1, -0.05) is 74.0 Å². The Morgan fingerprint density at radius 2 is 1.20 bits per heavy atom. The first-order valence-electron chi connectivity index (χ1n) is 16.0. The summed E-state index contributed by atoms with van der Waals surface area (Å²) in [6.45, 7) is 4.36. The van der Waals surface area contributed by atoms with Gasteiger partial charge < -0.3 is 9.47 Å². The van der Waals surface area contributed by atoms with E-state index in [2.05, 4.69) is 65.5 Å². The highest BCUT2D eigenvalue weighted by Gasteiger charge is 2.46. The van der Waals surface area contributed by atoms with Crippen molar-refractivity contribution in [3.8, 4) is 11.5 Å². The van der Waals surface area contributed by atoms with Crippen LogP contribution in [0.3, 0.4) is 0 Å². The molecule has 6 rings (SSSR count). The molecule has 0 saturated heterocycles. The summed E-state index contributed by atoms with van der Waals surface area (Å²) in [4.78, 5) is 2.81. The number of hydrogen-bond donors (Lipinski definition) is 0. The lowest BCUT2D eigenvalue weighted by atomic mass is 9.53. The van der Waals surface area contributed by atoms with E-state index in [-0.39, 0.29) is 0 Å². The highest BCUT2D eigenvalue weighted by atomic mass is 16.5. The molecule has 4 aliphatic carbocycles. The smallest absolute Gasteiger partial charge is 0.119 e. The van der Waals surface area contributed by atoms with Crippen molar-refractivity contribution >= 4 is 5.57 Å². The molecule has 5 heteroatoms. The van der Waals surface area contributed by atoms with Crippen molar-refractivity contribution in [3.63, 3.8) is 0 Å². The van der Waals surface area contributed by atoms with Crippen LogP contribution in [0.4, 0.5) is 0 Å². The van der Waals surface area contributed by atoms with Crippen molar-refractivity contribution < 1.29 is 9.47 Å². The summed E-state index contributed by atoms with van der Waals surface area (Å²) in [5, 5.41) is 3.60. The van der Waals surface area contributed by atoms with E-state index in [1.807, 2.05) is 0 Å². The molecule has 0 unspecified atom stereocenters. The topological polar surface area (TPSA) is 67.2 Å². The van der Waals surface area contributed by atoms with Crippen LogP contribution in [-0.2, 0) is 0 Å². The first-order valence-corrected chi connectivity index (χ1v) is 16.0. The minimum absolute atomic E-state index is 0.592. The van der Waals surface area contributed by atoms with E-state index in [9.17, 15) is 0 Å². The van der Waals surface area contributed by atoms with Gasteiger partial charge in [-0.3, -0.25) is 0 Å². The SMILES string of the molecule is CCCCCCOc1ccc(C(=C2C3CC4CC(C3)CC2C4)c2ccc(OCCCCCCN=[N+]=[N-])cc2)cc1. The maximum atomic E-state index is 8.37. The summed E-state index contributed by atoms with van der Waals surface area (Å²) in [5.74, 6) is 5.32. The van der Waals surface area contributed by atoms with Crippen molar-refractivity contribution in [2.75, 3.05) is 19.8 Å². The predicted molar refractivity (Wildman–Crippen MR) is 164 cm³/mol. The molecule has 0 spiro atoms. The van der Waals surface area contributed by atoms with Crippen molar-refractivity contribution in [2.45, 2.75) is 90.4 Å². The van der Waals surface area contributed by atoms with Crippen LogP contribution in [0.2, 0.25) is 0 Å². The molecule has 4 saturated carbocycles. The van der Waals surface area contributed by atoms with E-state index in [1.165, 1.54) is 68.1 Å². The fourth-order valence-corrected chi connectivity index (χ4v) is 7.63. The van der Waals surface area contributed by atoms with E-state index in [0.29, 0.717) is 6.54 Å². The van der Waals surface area contributed by atoms with E-state index >= 15 is 0 Å². The fraction of sp³-hybridized carbons (Fsp3) is 0.600. The Morgan fingerprint density at radius 3 is 1.70 bits per heavy atom. The third-order valence-corrected chi connectivity index (χ3v) is 9.34. The average molecular weight is 542 g/mol. The lowest BCUT2D eigenvalue weighted by molar-refractivity contribution is 0.0705. The van der Waals surface area contributed by atoms with Gasteiger partial charge in [0, 0.05) is 11.5 Å². The van der Waals surface area contributed by atoms with Crippen molar-refractivity contribution in [3.05, 3.63) is 75.7 Å². The second-order valence-electron chi connectivity index (χ2n) is 12.3. The molecule has 4 aliphatic rings. The molecule has 0 aliphatic heterocycles. The molecule has 4 bridgehead atoms. The number of azide groups is 1. The monoisotopic (exact) mass is 541 g/mol. The van der Waals surface area contributed by atoms with Gasteiger partial charge in [0.1, 0.15) is 11.5 Å². The maximum absolute atomic E-state index is 8.37. The maximum Gasteiger partial charge on any atom is 0.119 e. The summed E-state index contributed by atoms with van der Waals surface area (Å²) in [6, 6.07) is 17.8. The highest BCUT2D eigenvalue weighted by molar-refractivity contribution is 5.83. The largest absolute Gasteiger partial charge is 0.494 e. The van der Waals surface area contributed by atoms with Crippen molar-refractivity contribution in [1.29, 1.82) is 0 Å². The summed E-state index contributed by atoms with van der Waals surface area (Å²) in [5.41, 5.74) is 14.2. The Bertz CT molecular complexity index is 1120. The molecule has 5 nitrogen and oxygen atoms in total. The molecule has 0 radical (unpaired) electrons. The summed E-state index contributed by atoms with van der Waals surface area (Å²) in [6.07, 6.45) is 16.1. The van der Waals surface area contributed by atoms with Crippen molar-refractivity contribution in [2.24, 2.45) is 28.8 Å². The third-order valence-electron chi connectivity index (χ3n) is 9.34. The predicted octanol–water partition coefficient (Wildman–Crippen LogP) is 10.2. The summed E-state index contributed by atoms with van der Waals surface area (Å²) >= 11 is 0. The number of rotatable bonds is 16. The van der Waals surface area contributed by atoms with E-state index < -0.39 is 0 Å². The van der Waals surface area contributed by atoms with Gasteiger partial charge in [0.05, 0.1) is 13.2 Å². The minimum Gasteiger partial charge on any atom is -0.494 e. The van der Waals surface area contributed by atoms with E-state index in [0.717, 1.165) is 80.5 Å². The molecule has 214 valence electrons. The molecule has 0 atom stereocenters. The molecule has 40 heavy (non-hydrogen) atoms. The first-order chi connectivity index (χ1) is 19.7. The number of hydrogen-bond acceptors (Lipinski definition) is 3. The van der Waals surface area contributed by atoms with Crippen molar-refractivity contribution in [1.82, 2.24) is 0 Å². The molecule has 0 heterocycles. The van der Waals surface area contributed by atoms with Gasteiger partial charge in [-0.25, -0.2) is 0 Å². The standard InChI is InChI=1S/C35H47N3O2/c1-2-3-4-8-19-39-32-14-10-28(11-15-32)34(35-30-22-26-21-27(24-30)25-31(35)23-26)29-12-16-33(17-13-29)40-20-9-6-5-7-18-37-38-36/h10-17,26-27,30-31H,2-9,18-25H2,1H3. The van der Waals surface area contributed by atoms with Gasteiger partial charge in [0.15, 0.2) is 0 Å². The molecule has 4 fully saturated rings. The number of allylic oxidation sites excluding steroid dienone is 1. The van der Waals surface area contributed by atoms with Crippen LogP contribution in [-0.4, -0.2) is 19.8 Å². The zero-order valence-electron chi connectivity index (χ0n) is 24.4. The Morgan fingerprint density at radius 1 is 0.700 bits per heavy atom. The van der Waals surface area contributed by atoms with Crippen LogP contribution >= 0.6 is 0 Å². The first kappa shape index (κ1) is 28.6. The summed E-state index contributed by atoms with van der Waals surface area (Å²) in [7, 11) is 0. The Kier molecular flexibility index (Phi) is 10.5. The number of ether oxygens (including phenoxy) is 2. The zero-order valence-corrected chi connectivity index (χ0v) is 24.4. The molecule has 2 aromatic rings. The lowest BCUT2D eigenvalue weighted by Crippen LogP contribution is -2.40. The van der Waals surface area contributed by atoms with Gasteiger partial charge >= 0.3 is 0 Å². The Labute approximate surface area is 241 Å². The molecule has 0 N–H and O–H groups in total. The van der Waals surface area contributed by atoms with Gasteiger partial charge in [0.2, 0.25) is 0 Å². The fourth-order valence-electron chi connectivity index (χ4n) is 7.63. The lowest BCUT2D eigenvalue weighted by Gasteiger charge is -2.52. The zero-order chi connectivity index (χ0) is 27.6. The van der Waals surface area contributed by atoms with Gasteiger partial charge in [0.25, 0.3) is 0 Å². The van der Waals surface area contributed by atoms with Crippen LogP contribution in [0, 0.1) is 23.7 Å². The second kappa shape index (κ2) is 14.6. The van der Waals surface area contributed by atoms with E-state index in [4.69, 9.17) is 15.0 Å². The molecular formula is C35H47N3O2. The normalized spacial score (nSPS) is 22.7. The van der Waals surface area contributed by atoms with Gasteiger partial charge in [-0.2, -0.15) is 0 Å². The molecule has 2 aromatic carbocycles. The van der Waals surface area contributed by atoms with Crippen LogP contribution in [0.25, 0.3) is 16.0 Å². The van der Waals surface area contributed by atoms with E-state index in [1.54, 1.807) is 5.57 Å². The van der Waals surface area contributed by atoms with Crippen LogP contribution in [0.1, 0.15) is 102 Å². The number of benzene rings is 2. The third kappa shape index (κ3) is 7.43. The second-order valence-corrected chi connectivity index (χ2v) is 12.3.